The van der Waals surface area contributed by atoms with Gasteiger partial charge in [-0.15, -0.1) is 0 Å². The first-order valence-corrected chi connectivity index (χ1v) is 18.9. The Hall–Kier alpha value is -5.20. The zero-order chi connectivity index (χ0) is 38.9. The summed E-state index contributed by atoms with van der Waals surface area (Å²) in [6.45, 7) is 12.9. The van der Waals surface area contributed by atoms with Gasteiger partial charge in [0, 0.05) is 37.0 Å². The van der Waals surface area contributed by atoms with Crippen LogP contribution >= 0.6 is 0 Å². The molecule has 0 aliphatic carbocycles. The number of aromatic nitrogens is 2. The van der Waals surface area contributed by atoms with Gasteiger partial charge in [0.2, 0.25) is 11.8 Å². The van der Waals surface area contributed by atoms with E-state index in [0.717, 1.165) is 64.6 Å². The molecule has 54 heavy (non-hydrogen) atoms. The summed E-state index contributed by atoms with van der Waals surface area (Å²) in [5, 5.41) is 7.58. The number of amides is 4. The molecule has 0 radical (unpaired) electrons. The number of nitrogens with zero attached hydrogens (tertiary/aromatic N) is 4. The van der Waals surface area contributed by atoms with Gasteiger partial charge >= 0.3 is 12.2 Å². The monoisotopic (exact) mass is 739 g/mol. The lowest BCUT2D eigenvalue weighted by Gasteiger charge is -2.38. The number of imidazole rings is 1. The minimum absolute atomic E-state index is 0.119. The molecule has 2 saturated heterocycles. The van der Waals surface area contributed by atoms with Crippen LogP contribution in [0.25, 0.3) is 27.6 Å². The number of allylic oxidation sites excluding steroid dienone is 1. The predicted octanol–water partition coefficient (Wildman–Crippen LogP) is 6.40. The average molecular weight is 740 g/mol. The van der Waals surface area contributed by atoms with Crippen LogP contribution in [-0.4, -0.2) is 94.4 Å². The van der Waals surface area contributed by atoms with Crippen molar-refractivity contribution in [2.24, 2.45) is 16.8 Å². The number of methoxy groups -OCH3 is 2. The lowest BCUT2D eigenvalue weighted by molar-refractivity contribution is -0.139. The highest BCUT2D eigenvalue weighted by Gasteiger charge is 2.48. The van der Waals surface area contributed by atoms with Gasteiger partial charge < -0.3 is 34.9 Å². The zero-order valence-electron chi connectivity index (χ0n) is 32.6. The fraction of sp³-hybridized carbons (Fsp3) is 0.512. The second-order valence-electron chi connectivity index (χ2n) is 15.7. The molecule has 3 aliphatic heterocycles. The molecule has 2 fully saturated rings. The van der Waals surface area contributed by atoms with Gasteiger partial charge in [0.15, 0.2) is 0 Å². The second-order valence-corrected chi connectivity index (χ2v) is 15.7. The van der Waals surface area contributed by atoms with E-state index in [2.05, 4.69) is 46.8 Å². The summed E-state index contributed by atoms with van der Waals surface area (Å²) < 4.78 is 9.62. The Morgan fingerprint density at radius 2 is 1.30 bits per heavy atom. The fourth-order valence-electron chi connectivity index (χ4n) is 8.38. The lowest BCUT2D eigenvalue weighted by atomic mass is 9.86. The SMILES string of the molecule is COC(=O)N[C@H](C(=O)N1CCC[C@@]1(C)C1=NC=C(c2ccc(-c3cnc([C@]4(C)CCCN4C(=O)[C@@H](NC(=O)OC)C(C)C)[nH]3)c3ccccc23)C1)C(C)C. The van der Waals surface area contributed by atoms with Gasteiger partial charge in [-0.3, -0.25) is 14.6 Å². The van der Waals surface area contributed by atoms with E-state index in [0.29, 0.717) is 25.3 Å². The first kappa shape index (κ1) is 38.5. The normalized spacial score (nSPS) is 22.3. The number of ether oxygens (including phenoxy) is 2. The van der Waals surface area contributed by atoms with Crippen LogP contribution in [0, 0.1) is 11.8 Å². The Morgan fingerprint density at radius 3 is 1.85 bits per heavy atom. The maximum atomic E-state index is 13.9. The summed E-state index contributed by atoms with van der Waals surface area (Å²) in [5.74, 6) is 0.151. The van der Waals surface area contributed by atoms with Crippen LogP contribution in [0.1, 0.15) is 85.0 Å². The van der Waals surface area contributed by atoms with Crippen molar-refractivity contribution in [1.29, 1.82) is 0 Å². The van der Waals surface area contributed by atoms with Crippen LogP contribution in [0.3, 0.4) is 0 Å². The topological polar surface area (TPSA) is 158 Å². The summed E-state index contributed by atoms with van der Waals surface area (Å²) >= 11 is 0. The first-order valence-electron chi connectivity index (χ1n) is 18.9. The van der Waals surface area contributed by atoms with Crippen molar-refractivity contribution in [3.63, 3.8) is 0 Å². The number of aliphatic imine (C=N–C) groups is 1. The van der Waals surface area contributed by atoms with Crippen molar-refractivity contribution < 1.29 is 28.7 Å². The largest absolute Gasteiger partial charge is 0.453 e. The number of likely N-dealkylation sites (tertiary alicyclic amines) is 2. The summed E-state index contributed by atoms with van der Waals surface area (Å²) in [7, 11) is 2.59. The highest BCUT2D eigenvalue weighted by atomic mass is 16.5. The number of hydrogen-bond donors (Lipinski definition) is 3. The van der Waals surface area contributed by atoms with E-state index >= 15 is 0 Å². The molecule has 3 aromatic rings. The van der Waals surface area contributed by atoms with E-state index in [9.17, 15) is 19.2 Å². The molecule has 13 heteroatoms. The highest BCUT2D eigenvalue weighted by molar-refractivity contribution is 6.10. The molecule has 2 aromatic carbocycles. The van der Waals surface area contributed by atoms with Gasteiger partial charge in [0.05, 0.1) is 37.2 Å². The molecule has 3 N–H and O–H groups in total. The van der Waals surface area contributed by atoms with Crippen molar-refractivity contribution >= 4 is 46.1 Å². The third-order valence-corrected chi connectivity index (χ3v) is 11.6. The molecule has 6 rings (SSSR count). The maximum Gasteiger partial charge on any atom is 0.407 e. The summed E-state index contributed by atoms with van der Waals surface area (Å²) in [4.78, 5) is 69.1. The van der Waals surface area contributed by atoms with Crippen molar-refractivity contribution in [2.75, 3.05) is 27.3 Å². The van der Waals surface area contributed by atoms with Gasteiger partial charge in [-0.05, 0) is 73.3 Å². The predicted molar refractivity (Wildman–Crippen MR) is 208 cm³/mol. The highest BCUT2D eigenvalue weighted by Crippen LogP contribution is 2.42. The minimum atomic E-state index is -0.726. The number of nitrogens with one attached hydrogen (secondary N) is 3. The van der Waals surface area contributed by atoms with Gasteiger partial charge in [-0.2, -0.15) is 0 Å². The van der Waals surface area contributed by atoms with E-state index < -0.39 is 35.3 Å². The van der Waals surface area contributed by atoms with Crippen LogP contribution in [-0.2, 0) is 24.6 Å². The van der Waals surface area contributed by atoms with E-state index in [1.165, 1.54) is 14.2 Å². The average Bonchev–Trinajstić information content (AvgIpc) is 3.99. The van der Waals surface area contributed by atoms with Crippen LogP contribution in [0.4, 0.5) is 9.59 Å². The van der Waals surface area contributed by atoms with Crippen molar-refractivity contribution in [3.05, 3.63) is 60.2 Å². The number of fused-ring (bicyclic) bond motifs is 1. The molecular weight excluding hydrogens is 686 g/mol. The number of hydrogen-bond acceptors (Lipinski definition) is 8. The van der Waals surface area contributed by atoms with Crippen LogP contribution in [0.5, 0.6) is 0 Å². The molecule has 0 unspecified atom stereocenters. The molecule has 4 amide bonds. The molecule has 0 spiro atoms. The van der Waals surface area contributed by atoms with Gasteiger partial charge in [0.25, 0.3) is 0 Å². The Bertz CT molecular complexity index is 2000. The summed E-state index contributed by atoms with van der Waals surface area (Å²) in [6.07, 6.45) is 6.26. The molecule has 4 atom stereocenters. The van der Waals surface area contributed by atoms with E-state index in [1.54, 1.807) is 0 Å². The fourth-order valence-corrected chi connectivity index (χ4v) is 8.38. The van der Waals surface area contributed by atoms with E-state index in [1.807, 2.05) is 68.9 Å². The minimum Gasteiger partial charge on any atom is -0.453 e. The Morgan fingerprint density at radius 1 is 0.778 bits per heavy atom. The van der Waals surface area contributed by atoms with Gasteiger partial charge in [-0.25, -0.2) is 14.6 Å². The van der Waals surface area contributed by atoms with E-state index in [4.69, 9.17) is 19.5 Å². The number of carbonyl (C=O) groups excluding carboxylic acids is 4. The number of benzene rings is 2. The number of rotatable bonds is 10. The summed E-state index contributed by atoms with van der Waals surface area (Å²) in [6, 6.07) is 11.1. The van der Waals surface area contributed by atoms with Crippen molar-refractivity contribution in [3.8, 4) is 11.3 Å². The van der Waals surface area contributed by atoms with Gasteiger partial charge in [0.1, 0.15) is 17.9 Å². The molecule has 1 aromatic heterocycles. The van der Waals surface area contributed by atoms with Gasteiger partial charge in [-0.1, -0.05) is 64.1 Å². The third-order valence-electron chi connectivity index (χ3n) is 11.6. The molecule has 3 aliphatic rings. The number of carbonyl (C=O) groups is 4. The Kier molecular flexibility index (Phi) is 10.9. The van der Waals surface area contributed by atoms with E-state index in [-0.39, 0.29) is 23.7 Å². The smallest absolute Gasteiger partial charge is 0.407 e. The molecule has 13 nitrogen and oxygen atoms in total. The first-order chi connectivity index (χ1) is 25.7. The molecule has 288 valence electrons. The lowest BCUT2D eigenvalue weighted by Crippen LogP contribution is -2.58. The molecular formula is C41H53N7O6. The molecule has 4 heterocycles. The maximum absolute atomic E-state index is 13.9. The molecule has 0 bridgehead atoms. The standard InChI is InChI=1S/C41H53N7O6/c1-24(2)33(45-38(51)53-7)35(49)47-19-11-17-40(47,5)32-21-26(22-42-32)27-15-16-30(29-14-10-9-13-28(27)29)31-23-43-37(44-31)41(6)18-12-20-48(41)36(50)34(25(3)4)46-39(52)54-8/h9-10,13-16,22-25,33-34H,11-12,17-21H2,1-8H3,(H,43,44)(H,45,51)(H,46,52)/t33-,34-,40-,41-/m0/s1. The van der Waals surface area contributed by atoms with Crippen LogP contribution in [0.15, 0.2) is 53.8 Å². The Labute approximate surface area is 316 Å². The van der Waals surface area contributed by atoms with Crippen LogP contribution in [0.2, 0.25) is 0 Å². The number of H-pyrrole nitrogens is 1. The number of alkyl carbamates (subject to hydrolysis) is 2. The second kappa shape index (κ2) is 15.3. The quantitative estimate of drug-likeness (QED) is 0.217. The van der Waals surface area contributed by atoms with Crippen molar-refractivity contribution in [1.82, 2.24) is 30.4 Å². The van der Waals surface area contributed by atoms with Crippen molar-refractivity contribution in [2.45, 2.75) is 96.8 Å². The molecule has 0 saturated carbocycles. The third kappa shape index (κ3) is 6.96. The number of aromatic amines is 1. The Balaban J connectivity index is 1.24. The zero-order valence-corrected chi connectivity index (χ0v) is 32.6. The summed E-state index contributed by atoms with van der Waals surface area (Å²) in [5.41, 5.74) is 3.62. The van der Waals surface area contributed by atoms with Crippen LogP contribution < -0.4 is 10.6 Å².